The van der Waals surface area contributed by atoms with Gasteiger partial charge in [-0.3, -0.25) is 5.32 Å². The van der Waals surface area contributed by atoms with Crippen molar-refractivity contribution in [3.63, 3.8) is 0 Å². The molecule has 2 aromatic heterocycles. The van der Waals surface area contributed by atoms with Gasteiger partial charge in [-0.05, 0) is 25.5 Å². The van der Waals surface area contributed by atoms with Crippen molar-refractivity contribution >= 4 is 11.8 Å². The molecule has 2 N–H and O–H groups in total. The first kappa shape index (κ1) is 14.4. The summed E-state index contributed by atoms with van der Waals surface area (Å²) in [4.78, 5) is 13.8. The number of carbonyl (C=O) groups excluding carboxylic acids is 1. The number of amides is 2. The SMILES string of the molecule is Cc1cc(NC(=O)N2C[C@@H](O)[C@H](n3ccnn3)C2)nnc1C. The van der Waals surface area contributed by atoms with Crippen molar-refractivity contribution in [1.29, 1.82) is 0 Å². The molecule has 2 atom stereocenters. The summed E-state index contributed by atoms with van der Waals surface area (Å²) in [6.07, 6.45) is 2.53. The average molecular weight is 303 g/mol. The summed E-state index contributed by atoms with van der Waals surface area (Å²) in [5, 5.41) is 28.3. The lowest BCUT2D eigenvalue weighted by molar-refractivity contribution is 0.139. The Balaban J connectivity index is 1.67. The molecule has 3 rings (SSSR count). The summed E-state index contributed by atoms with van der Waals surface area (Å²) >= 11 is 0. The van der Waals surface area contributed by atoms with Crippen LogP contribution in [0.15, 0.2) is 18.5 Å². The Morgan fingerprint density at radius 1 is 1.36 bits per heavy atom. The number of β-amino-alcohol motifs (C(OH)–C–C–N with tert-alkyl or cyclic N) is 1. The van der Waals surface area contributed by atoms with Gasteiger partial charge in [0.15, 0.2) is 5.82 Å². The molecule has 0 unspecified atom stereocenters. The zero-order chi connectivity index (χ0) is 15.7. The predicted molar refractivity (Wildman–Crippen MR) is 77.2 cm³/mol. The maximum atomic E-state index is 12.3. The highest BCUT2D eigenvalue weighted by molar-refractivity contribution is 5.88. The van der Waals surface area contributed by atoms with E-state index in [0.717, 1.165) is 11.3 Å². The minimum absolute atomic E-state index is 0.231. The minimum atomic E-state index is -0.682. The molecule has 2 amide bonds. The number of nitrogens with one attached hydrogen (secondary N) is 1. The Morgan fingerprint density at radius 2 is 2.18 bits per heavy atom. The van der Waals surface area contributed by atoms with E-state index < -0.39 is 6.10 Å². The van der Waals surface area contributed by atoms with Gasteiger partial charge in [0.25, 0.3) is 0 Å². The van der Waals surface area contributed by atoms with Crippen LogP contribution in [-0.2, 0) is 0 Å². The molecular weight excluding hydrogens is 286 g/mol. The molecule has 3 heterocycles. The molecule has 1 saturated heterocycles. The third-order valence-corrected chi connectivity index (χ3v) is 3.79. The van der Waals surface area contributed by atoms with Gasteiger partial charge in [-0.25, -0.2) is 9.48 Å². The molecule has 116 valence electrons. The van der Waals surface area contributed by atoms with Gasteiger partial charge in [-0.2, -0.15) is 5.10 Å². The first-order chi connectivity index (χ1) is 10.5. The Hall–Kier alpha value is -2.55. The van der Waals surface area contributed by atoms with E-state index in [1.165, 1.54) is 4.90 Å². The maximum Gasteiger partial charge on any atom is 0.323 e. The van der Waals surface area contributed by atoms with Crippen LogP contribution in [0, 0.1) is 13.8 Å². The van der Waals surface area contributed by atoms with Crippen LogP contribution in [0.1, 0.15) is 17.3 Å². The number of aliphatic hydroxyl groups excluding tert-OH is 1. The summed E-state index contributed by atoms with van der Waals surface area (Å²) < 4.78 is 1.56. The second-order valence-electron chi connectivity index (χ2n) is 5.35. The number of rotatable bonds is 2. The van der Waals surface area contributed by atoms with E-state index in [0.29, 0.717) is 12.4 Å². The predicted octanol–water partition coefficient (Wildman–Crippen LogP) is 0.135. The lowest BCUT2D eigenvalue weighted by atomic mass is 10.2. The largest absolute Gasteiger partial charge is 0.389 e. The van der Waals surface area contributed by atoms with Crippen LogP contribution in [-0.4, -0.2) is 60.4 Å². The summed E-state index contributed by atoms with van der Waals surface area (Å²) in [5.74, 6) is 0.395. The number of aromatic nitrogens is 5. The summed E-state index contributed by atoms with van der Waals surface area (Å²) in [5.41, 5.74) is 1.77. The molecule has 2 aromatic rings. The fourth-order valence-corrected chi connectivity index (χ4v) is 2.39. The Labute approximate surface area is 127 Å². The molecule has 9 heteroatoms. The van der Waals surface area contributed by atoms with Crippen LogP contribution in [0.25, 0.3) is 0 Å². The van der Waals surface area contributed by atoms with Gasteiger partial charge in [-0.1, -0.05) is 5.21 Å². The van der Waals surface area contributed by atoms with Gasteiger partial charge >= 0.3 is 6.03 Å². The fourth-order valence-electron chi connectivity index (χ4n) is 2.39. The second-order valence-corrected chi connectivity index (χ2v) is 5.35. The van der Waals surface area contributed by atoms with E-state index in [2.05, 4.69) is 25.8 Å². The number of urea groups is 1. The number of aryl methyl sites for hydroxylation is 2. The van der Waals surface area contributed by atoms with Crippen molar-refractivity contribution in [2.75, 3.05) is 18.4 Å². The van der Waals surface area contributed by atoms with Crippen LogP contribution >= 0.6 is 0 Å². The number of hydrogen-bond acceptors (Lipinski definition) is 6. The van der Waals surface area contributed by atoms with Crippen LogP contribution in [0.4, 0.5) is 10.6 Å². The zero-order valence-electron chi connectivity index (χ0n) is 12.3. The van der Waals surface area contributed by atoms with Gasteiger partial charge < -0.3 is 10.0 Å². The van der Waals surface area contributed by atoms with Crippen molar-refractivity contribution in [3.8, 4) is 0 Å². The van der Waals surface area contributed by atoms with Gasteiger partial charge in [-0.15, -0.1) is 10.2 Å². The Kier molecular flexibility index (Phi) is 3.72. The lowest BCUT2D eigenvalue weighted by Crippen LogP contribution is -2.34. The Morgan fingerprint density at radius 3 is 2.86 bits per heavy atom. The summed E-state index contributed by atoms with van der Waals surface area (Å²) in [7, 11) is 0. The molecule has 0 saturated carbocycles. The van der Waals surface area contributed by atoms with E-state index in [-0.39, 0.29) is 18.6 Å². The minimum Gasteiger partial charge on any atom is -0.389 e. The number of aliphatic hydroxyl groups is 1. The van der Waals surface area contributed by atoms with E-state index in [9.17, 15) is 9.90 Å². The van der Waals surface area contributed by atoms with Crippen molar-refractivity contribution in [1.82, 2.24) is 30.1 Å². The third kappa shape index (κ3) is 2.75. The first-order valence-electron chi connectivity index (χ1n) is 6.95. The highest BCUT2D eigenvalue weighted by Crippen LogP contribution is 2.21. The van der Waals surface area contributed by atoms with Gasteiger partial charge in [0.2, 0.25) is 0 Å². The Bertz CT molecular complexity index is 673. The number of likely N-dealkylation sites (tertiary alicyclic amines) is 1. The molecule has 0 spiro atoms. The molecule has 1 fully saturated rings. The highest BCUT2D eigenvalue weighted by atomic mass is 16.3. The van der Waals surface area contributed by atoms with Crippen molar-refractivity contribution in [3.05, 3.63) is 29.7 Å². The van der Waals surface area contributed by atoms with E-state index >= 15 is 0 Å². The smallest absolute Gasteiger partial charge is 0.323 e. The molecule has 1 aliphatic heterocycles. The lowest BCUT2D eigenvalue weighted by Gasteiger charge is -2.16. The quantitative estimate of drug-likeness (QED) is 0.816. The van der Waals surface area contributed by atoms with E-state index in [1.54, 1.807) is 23.1 Å². The maximum absolute atomic E-state index is 12.3. The molecule has 0 aliphatic carbocycles. The van der Waals surface area contributed by atoms with Gasteiger partial charge in [0.1, 0.15) is 0 Å². The molecule has 22 heavy (non-hydrogen) atoms. The van der Waals surface area contributed by atoms with Crippen LogP contribution in [0.3, 0.4) is 0 Å². The van der Waals surface area contributed by atoms with Crippen LogP contribution in [0.2, 0.25) is 0 Å². The zero-order valence-corrected chi connectivity index (χ0v) is 12.3. The number of hydrogen-bond donors (Lipinski definition) is 2. The molecule has 0 radical (unpaired) electrons. The molecule has 1 aliphatic rings. The summed E-state index contributed by atoms with van der Waals surface area (Å²) in [6, 6.07) is 1.15. The van der Waals surface area contributed by atoms with E-state index in [1.807, 2.05) is 13.8 Å². The first-order valence-corrected chi connectivity index (χ1v) is 6.95. The standard InChI is InChI=1S/C13H17N7O2/c1-8-5-12(17-16-9(8)2)15-13(22)19-6-10(11(21)7-19)20-4-3-14-18-20/h3-5,10-11,21H,6-7H2,1-2H3,(H,15,17,22)/t10-,11-/m1/s1. The monoisotopic (exact) mass is 303 g/mol. The van der Waals surface area contributed by atoms with Crippen LogP contribution in [0.5, 0.6) is 0 Å². The normalized spacial score (nSPS) is 21.1. The van der Waals surface area contributed by atoms with Crippen molar-refractivity contribution in [2.24, 2.45) is 0 Å². The fraction of sp³-hybridized carbons (Fsp3) is 0.462. The third-order valence-electron chi connectivity index (χ3n) is 3.79. The number of anilines is 1. The average Bonchev–Trinajstić information content (AvgIpc) is 3.12. The number of nitrogens with zero attached hydrogens (tertiary/aromatic N) is 6. The number of carbonyl (C=O) groups is 1. The molecular formula is C13H17N7O2. The van der Waals surface area contributed by atoms with Gasteiger partial charge in [0.05, 0.1) is 30.6 Å². The van der Waals surface area contributed by atoms with Gasteiger partial charge in [0, 0.05) is 12.7 Å². The summed E-state index contributed by atoms with van der Waals surface area (Å²) in [6.45, 7) is 4.34. The van der Waals surface area contributed by atoms with E-state index in [4.69, 9.17) is 0 Å². The molecule has 0 aromatic carbocycles. The molecule has 9 nitrogen and oxygen atoms in total. The van der Waals surface area contributed by atoms with Crippen molar-refractivity contribution in [2.45, 2.75) is 26.0 Å². The second kappa shape index (κ2) is 5.68. The highest BCUT2D eigenvalue weighted by Gasteiger charge is 2.35. The van der Waals surface area contributed by atoms with Crippen molar-refractivity contribution < 1.29 is 9.90 Å². The molecule has 0 bridgehead atoms. The topological polar surface area (TPSA) is 109 Å². The van der Waals surface area contributed by atoms with Crippen LogP contribution < -0.4 is 5.32 Å².